The van der Waals surface area contributed by atoms with Crippen molar-refractivity contribution in [2.24, 2.45) is 0 Å². The summed E-state index contributed by atoms with van der Waals surface area (Å²) in [5.41, 5.74) is 0.549. The number of rotatable bonds is 9. The molecule has 1 heterocycles. The van der Waals surface area contributed by atoms with Crippen LogP contribution in [0.2, 0.25) is 0 Å². The first-order valence-electron chi connectivity index (χ1n) is 8.20. The number of unbranched alkanes of at least 4 members (excludes halogenated alkanes) is 3. The van der Waals surface area contributed by atoms with Crippen molar-refractivity contribution in [3.8, 4) is 5.75 Å². The fourth-order valence-corrected chi connectivity index (χ4v) is 3.25. The Bertz CT molecular complexity index is 676. The van der Waals surface area contributed by atoms with Crippen LogP contribution in [-0.4, -0.2) is 22.7 Å². The summed E-state index contributed by atoms with van der Waals surface area (Å²) < 4.78 is 6.53. The monoisotopic (exact) mass is 411 g/mol. The standard InChI is InChI=1S/C17H22BrN3O2S/c1-3-5-6-7-10-23-14-9-8-12(11-13(14)18)16(22)19-17-21-20-15(4-2)24-17/h8-9,11H,3-7,10H2,1-2H3,(H,19,21,22). The number of nitrogens with one attached hydrogen (secondary N) is 1. The van der Waals surface area contributed by atoms with Gasteiger partial charge in [0.2, 0.25) is 5.13 Å². The van der Waals surface area contributed by atoms with Crippen LogP contribution in [0.25, 0.3) is 0 Å². The van der Waals surface area contributed by atoms with E-state index in [-0.39, 0.29) is 5.91 Å². The van der Waals surface area contributed by atoms with Gasteiger partial charge >= 0.3 is 0 Å². The van der Waals surface area contributed by atoms with Crippen LogP contribution >= 0.6 is 27.3 Å². The molecule has 7 heteroatoms. The van der Waals surface area contributed by atoms with Crippen molar-refractivity contribution in [2.45, 2.75) is 46.0 Å². The Morgan fingerprint density at radius 1 is 1.25 bits per heavy atom. The Kier molecular flexibility index (Phi) is 7.65. The first kappa shape index (κ1) is 18.9. The molecule has 1 aromatic heterocycles. The largest absolute Gasteiger partial charge is 0.492 e. The van der Waals surface area contributed by atoms with Gasteiger partial charge in [-0.15, -0.1) is 10.2 Å². The van der Waals surface area contributed by atoms with Crippen molar-refractivity contribution in [3.05, 3.63) is 33.2 Å². The molecule has 0 fully saturated rings. The second-order valence-electron chi connectivity index (χ2n) is 5.36. The maximum absolute atomic E-state index is 12.3. The number of amides is 1. The van der Waals surface area contributed by atoms with Gasteiger partial charge in [-0.05, 0) is 47.0 Å². The zero-order chi connectivity index (χ0) is 17.4. The number of halogens is 1. The number of aromatic nitrogens is 2. The lowest BCUT2D eigenvalue weighted by Crippen LogP contribution is -2.11. The molecule has 0 aliphatic rings. The molecule has 1 aromatic carbocycles. The number of nitrogens with zero attached hydrogens (tertiary/aromatic N) is 2. The van der Waals surface area contributed by atoms with Crippen LogP contribution in [-0.2, 0) is 6.42 Å². The van der Waals surface area contributed by atoms with E-state index in [1.807, 2.05) is 13.0 Å². The van der Waals surface area contributed by atoms with Crippen molar-refractivity contribution in [2.75, 3.05) is 11.9 Å². The third-order valence-corrected chi connectivity index (χ3v) is 5.04. The molecular formula is C17H22BrN3O2S. The van der Waals surface area contributed by atoms with Gasteiger partial charge in [-0.25, -0.2) is 0 Å². The lowest BCUT2D eigenvalue weighted by atomic mass is 10.2. The Labute approximate surface area is 155 Å². The van der Waals surface area contributed by atoms with Crippen LogP contribution in [0.4, 0.5) is 5.13 Å². The fourth-order valence-electron chi connectivity index (χ4n) is 2.09. The summed E-state index contributed by atoms with van der Waals surface area (Å²) in [6, 6.07) is 5.33. The maximum Gasteiger partial charge on any atom is 0.257 e. The number of carbonyl (C=O) groups excluding carboxylic acids is 1. The van der Waals surface area contributed by atoms with Crippen molar-refractivity contribution < 1.29 is 9.53 Å². The van der Waals surface area contributed by atoms with E-state index in [9.17, 15) is 4.79 Å². The molecule has 0 bridgehead atoms. The average molecular weight is 412 g/mol. The molecule has 1 N–H and O–H groups in total. The third-order valence-electron chi connectivity index (χ3n) is 3.44. The van der Waals surface area contributed by atoms with Crippen molar-refractivity contribution in [1.82, 2.24) is 10.2 Å². The third kappa shape index (κ3) is 5.56. The number of hydrogen-bond acceptors (Lipinski definition) is 5. The van der Waals surface area contributed by atoms with E-state index in [0.29, 0.717) is 17.3 Å². The van der Waals surface area contributed by atoms with Gasteiger partial charge in [0.15, 0.2) is 0 Å². The van der Waals surface area contributed by atoms with E-state index in [1.54, 1.807) is 12.1 Å². The molecule has 0 unspecified atom stereocenters. The molecule has 0 saturated carbocycles. The van der Waals surface area contributed by atoms with Crippen LogP contribution in [0.3, 0.4) is 0 Å². The van der Waals surface area contributed by atoms with E-state index in [1.165, 1.54) is 30.6 Å². The highest BCUT2D eigenvalue weighted by Gasteiger charge is 2.12. The molecule has 2 aromatic rings. The molecule has 1 amide bonds. The highest BCUT2D eigenvalue weighted by Crippen LogP contribution is 2.27. The minimum absolute atomic E-state index is 0.205. The van der Waals surface area contributed by atoms with Gasteiger partial charge in [0.05, 0.1) is 11.1 Å². The minimum Gasteiger partial charge on any atom is -0.492 e. The topological polar surface area (TPSA) is 64.1 Å². The van der Waals surface area contributed by atoms with Crippen LogP contribution < -0.4 is 10.1 Å². The van der Waals surface area contributed by atoms with Gasteiger partial charge in [0.1, 0.15) is 10.8 Å². The SMILES string of the molecule is CCCCCCOc1ccc(C(=O)Nc2nnc(CC)s2)cc1Br. The van der Waals surface area contributed by atoms with Crippen molar-refractivity contribution in [3.63, 3.8) is 0 Å². The van der Waals surface area contributed by atoms with E-state index >= 15 is 0 Å². The average Bonchev–Trinajstić information content (AvgIpc) is 3.03. The maximum atomic E-state index is 12.3. The minimum atomic E-state index is -0.205. The predicted octanol–water partition coefficient (Wildman–Crippen LogP) is 5.07. The van der Waals surface area contributed by atoms with E-state index < -0.39 is 0 Å². The van der Waals surface area contributed by atoms with Gasteiger partial charge < -0.3 is 4.74 Å². The molecule has 0 aliphatic heterocycles. The zero-order valence-corrected chi connectivity index (χ0v) is 16.4. The number of benzene rings is 1. The van der Waals surface area contributed by atoms with Crippen molar-refractivity contribution in [1.29, 1.82) is 0 Å². The molecule has 0 atom stereocenters. The highest BCUT2D eigenvalue weighted by atomic mass is 79.9. The predicted molar refractivity (Wildman–Crippen MR) is 101 cm³/mol. The van der Waals surface area contributed by atoms with E-state index in [0.717, 1.165) is 28.1 Å². The van der Waals surface area contributed by atoms with Crippen LogP contribution in [0, 0.1) is 0 Å². The summed E-state index contributed by atoms with van der Waals surface area (Å²) >= 11 is 4.86. The highest BCUT2D eigenvalue weighted by molar-refractivity contribution is 9.10. The zero-order valence-electron chi connectivity index (χ0n) is 14.0. The van der Waals surface area contributed by atoms with E-state index in [2.05, 4.69) is 38.4 Å². The van der Waals surface area contributed by atoms with Crippen LogP contribution in [0.15, 0.2) is 22.7 Å². The lowest BCUT2D eigenvalue weighted by Gasteiger charge is -2.09. The Hall–Kier alpha value is -1.47. The molecule has 0 aliphatic carbocycles. The summed E-state index contributed by atoms with van der Waals surface area (Å²) in [4.78, 5) is 12.3. The van der Waals surface area contributed by atoms with E-state index in [4.69, 9.17) is 4.74 Å². The molecule has 24 heavy (non-hydrogen) atoms. The van der Waals surface area contributed by atoms with Gasteiger partial charge in [-0.2, -0.15) is 0 Å². The van der Waals surface area contributed by atoms with Gasteiger partial charge in [0.25, 0.3) is 5.91 Å². The Balaban J connectivity index is 1.91. The second kappa shape index (κ2) is 9.74. The summed E-state index contributed by atoms with van der Waals surface area (Å²) in [6.45, 7) is 4.88. The molecule has 0 radical (unpaired) electrons. The lowest BCUT2D eigenvalue weighted by molar-refractivity contribution is 0.102. The van der Waals surface area contributed by atoms with Gasteiger partial charge in [0, 0.05) is 5.56 Å². The second-order valence-corrected chi connectivity index (χ2v) is 7.28. The quantitative estimate of drug-likeness (QED) is 0.584. The smallest absolute Gasteiger partial charge is 0.257 e. The Morgan fingerprint density at radius 2 is 2.08 bits per heavy atom. The number of ether oxygens (including phenoxy) is 1. The number of hydrogen-bond donors (Lipinski definition) is 1. The molecular weight excluding hydrogens is 390 g/mol. The van der Waals surface area contributed by atoms with Crippen LogP contribution in [0.5, 0.6) is 5.75 Å². The number of anilines is 1. The number of aryl methyl sites for hydroxylation is 1. The summed E-state index contributed by atoms with van der Waals surface area (Å²) in [5, 5.41) is 12.1. The molecule has 0 saturated heterocycles. The number of carbonyl (C=O) groups is 1. The first-order chi connectivity index (χ1) is 11.6. The molecule has 0 spiro atoms. The fraction of sp³-hybridized carbons (Fsp3) is 0.471. The summed E-state index contributed by atoms with van der Waals surface area (Å²) in [6.07, 6.45) is 5.47. The normalized spacial score (nSPS) is 10.6. The van der Waals surface area contributed by atoms with Gasteiger partial charge in [-0.3, -0.25) is 10.1 Å². The van der Waals surface area contributed by atoms with Crippen molar-refractivity contribution >= 4 is 38.3 Å². The van der Waals surface area contributed by atoms with Crippen LogP contribution in [0.1, 0.15) is 54.9 Å². The van der Waals surface area contributed by atoms with Gasteiger partial charge in [-0.1, -0.05) is 44.4 Å². The first-order valence-corrected chi connectivity index (χ1v) is 9.81. The summed E-state index contributed by atoms with van der Waals surface area (Å²) in [5.74, 6) is 0.552. The molecule has 2 rings (SSSR count). The molecule has 130 valence electrons. The molecule has 5 nitrogen and oxygen atoms in total. The Morgan fingerprint density at radius 3 is 2.75 bits per heavy atom. The summed E-state index contributed by atoms with van der Waals surface area (Å²) in [7, 11) is 0.